The first-order valence-corrected chi connectivity index (χ1v) is 9.36. The van der Waals surface area contributed by atoms with E-state index in [2.05, 4.69) is 43.0 Å². The summed E-state index contributed by atoms with van der Waals surface area (Å²) < 4.78 is 25.7. The van der Waals surface area contributed by atoms with Crippen LogP contribution >= 0.6 is 0 Å². The molecule has 0 atom stereocenters. The lowest BCUT2D eigenvalue weighted by Crippen LogP contribution is -2.41. The first-order valence-electron chi connectivity index (χ1n) is 9.36. The van der Waals surface area contributed by atoms with Gasteiger partial charge in [0.25, 0.3) is 0 Å². The highest BCUT2D eigenvalue weighted by Crippen LogP contribution is 2.32. The molecule has 2 aromatic rings. The molecule has 0 bridgehead atoms. The Bertz CT molecular complexity index is 698. The van der Waals surface area contributed by atoms with Gasteiger partial charge in [0, 0.05) is 5.56 Å². The van der Waals surface area contributed by atoms with E-state index in [1.807, 2.05) is 25.1 Å². The molecule has 138 valence electrons. The van der Waals surface area contributed by atoms with Crippen LogP contribution in [0.15, 0.2) is 61.2 Å². The second kappa shape index (κ2) is 8.61. The van der Waals surface area contributed by atoms with Crippen molar-refractivity contribution in [2.75, 3.05) is 13.2 Å². The zero-order chi connectivity index (χ0) is 18.4. The minimum atomic E-state index is -1.35. The minimum Gasteiger partial charge on any atom is -0.345 e. The average molecular weight is 354 g/mol. The summed E-state index contributed by atoms with van der Waals surface area (Å²) in [5.41, 5.74) is 3.21. The van der Waals surface area contributed by atoms with Gasteiger partial charge in [-0.25, -0.2) is 4.39 Å². The molecule has 1 aliphatic rings. The highest BCUT2D eigenvalue weighted by Gasteiger charge is 2.36. The van der Waals surface area contributed by atoms with Crippen molar-refractivity contribution in [1.29, 1.82) is 0 Å². The Hall–Kier alpha value is -1.97. The number of aryl methyl sites for hydroxylation is 1. The van der Waals surface area contributed by atoms with Crippen molar-refractivity contribution in [3.63, 3.8) is 0 Å². The van der Waals surface area contributed by atoms with Crippen molar-refractivity contribution in [2.45, 2.75) is 44.6 Å². The number of ether oxygens (including phenoxy) is 2. The van der Waals surface area contributed by atoms with Crippen molar-refractivity contribution in [3.8, 4) is 11.1 Å². The van der Waals surface area contributed by atoms with Crippen molar-refractivity contribution in [3.05, 3.63) is 72.3 Å². The summed E-state index contributed by atoms with van der Waals surface area (Å²) in [7, 11) is 0. The molecule has 0 aromatic heterocycles. The average Bonchev–Trinajstić information content (AvgIpc) is 2.68. The molecule has 1 aliphatic heterocycles. The molecule has 0 aliphatic carbocycles. The largest absolute Gasteiger partial charge is 0.345 e. The molecule has 0 N–H and O–H groups in total. The van der Waals surface area contributed by atoms with Crippen LogP contribution in [0.4, 0.5) is 4.39 Å². The molecule has 0 radical (unpaired) electrons. The Morgan fingerprint density at radius 3 is 2.15 bits per heavy atom. The molecular weight excluding hydrogens is 327 g/mol. The summed E-state index contributed by atoms with van der Waals surface area (Å²) in [6, 6.07) is 16.7. The second-order valence-electron chi connectivity index (χ2n) is 7.00. The minimum absolute atomic E-state index is 0.0967. The molecule has 0 unspecified atom stereocenters. The van der Waals surface area contributed by atoms with E-state index in [-0.39, 0.29) is 13.2 Å². The summed E-state index contributed by atoms with van der Waals surface area (Å²) >= 11 is 0. The molecule has 3 rings (SSSR count). The summed E-state index contributed by atoms with van der Waals surface area (Å²) in [5.74, 6) is 0. The fraction of sp³-hybridized carbons (Fsp3) is 0.391. The van der Waals surface area contributed by atoms with Crippen molar-refractivity contribution in [1.82, 2.24) is 0 Å². The first kappa shape index (κ1) is 18.8. The maximum absolute atomic E-state index is 14.4. The zero-order valence-corrected chi connectivity index (χ0v) is 15.4. The van der Waals surface area contributed by atoms with Crippen LogP contribution in [0.3, 0.4) is 0 Å². The smallest absolute Gasteiger partial charge is 0.184 e. The van der Waals surface area contributed by atoms with Gasteiger partial charge in [-0.1, -0.05) is 68.0 Å². The van der Waals surface area contributed by atoms with E-state index in [1.54, 1.807) is 0 Å². The topological polar surface area (TPSA) is 18.5 Å². The number of alkyl halides is 1. The van der Waals surface area contributed by atoms with Crippen LogP contribution in [0.2, 0.25) is 0 Å². The quantitative estimate of drug-likeness (QED) is 0.566. The molecule has 2 aromatic carbocycles. The summed E-state index contributed by atoms with van der Waals surface area (Å²) in [6.07, 6.45) is 4.74. The van der Waals surface area contributed by atoms with Crippen LogP contribution < -0.4 is 0 Å². The van der Waals surface area contributed by atoms with E-state index in [0.717, 1.165) is 30.4 Å². The molecular formula is C23H27FO2. The lowest BCUT2D eigenvalue weighted by atomic mass is 10.00. The van der Waals surface area contributed by atoms with Crippen LogP contribution in [0.25, 0.3) is 11.1 Å². The fourth-order valence-electron chi connectivity index (χ4n) is 3.29. The second-order valence-corrected chi connectivity index (χ2v) is 7.00. The maximum atomic E-state index is 14.4. The predicted molar refractivity (Wildman–Crippen MR) is 104 cm³/mol. The first-order chi connectivity index (χ1) is 12.6. The van der Waals surface area contributed by atoms with E-state index >= 15 is 0 Å². The van der Waals surface area contributed by atoms with Gasteiger partial charge in [0.05, 0.1) is 13.2 Å². The van der Waals surface area contributed by atoms with Crippen LogP contribution in [-0.2, 0) is 15.9 Å². The zero-order valence-electron chi connectivity index (χ0n) is 15.4. The fourth-order valence-corrected chi connectivity index (χ4v) is 3.29. The van der Waals surface area contributed by atoms with E-state index in [9.17, 15) is 4.39 Å². The van der Waals surface area contributed by atoms with Gasteiger partial charge >= 0.3 is 0 Å². The molecule has 1 fully saturated rings. The van der Waals surface area contributed by atoms with Crippen molar-refractivity contribution in [2.24, 2.45) is 0 Å². The molecule has 0 amide bonds. The molecule has 0 spiro atoms. The normalized spacial score (nSPS) is 22.9. The lowest BCUT2D eigenvalue weighted by Gasteiger charge is -2.34. The van der Waals surface area contributed by atoms with Gasteiger partial charge in [-0.2, -0.15) is 0 Å². The van der Waals surface area contributed by atoms with Gasteiger partial charge in [0.15, 0.2) is 12.0 Å². The third-order valence-electron chi connectivity index (χ3n) is 4.79. The van der Waals surface area contributed by atoms with E-state index < -0.39 is 12.0 Å². The monoisotopic (exact) mass is 354 g/mol. The molecule has 1 saturated heterocycles. The van der Waals surface area contributed by atoms with Crippen LogP contribution in [0, 0.1) is 0 Å². The summed E-state index contributed by atoms with van der Waals surface area (Å²) in [4.78, 5) is 0. The van der Waals surface area contributed by atoms with Gasteiger partial charge < -0.3 is 9.47 Å². The Kier molecular flexibility index (Phi) is 6.23. The van der Waals surface area contributed by atoms with Gasteiger partial charge in [0.2, 0.25) is 0 Å². The van der Waals surface area contributed by atoms with E-state index in [1.165, 1.54) is 11.1 Å². The molecule has 2 nitrogen and oxygen atoms in total. The van der Waals surface area contributed by atoms with Gasteiger partial charge in [-0.05, 0) is 36.0 Å². The Morgan fingerprint density at radius 2 is 1.62 bits per heavy atom. The molecule has 1 heterocycles. The molecule has 26 heavy (non-hydrogen) atoms. The van der Waals surface area contributed by atoms with E-state index in [4.69, 9.17) is 9.47 Å². The number of halogens is 1. The lowest BCUT2D eigenvalue weighted by molar-refractivity contribution is -0.238. The molecule has 0 saturated carbocycles. The predicted octanol–water partition coefficient (Wildman–Crippen LogP) is 6.03. The highest BCUT2D eigenvalue weighted by molar-refractivity contribution is 5.64. The van der Waals surface area contributed by atoms with Gasteiger partial charge in [-0.15, -0.1) is 6.58 Å². The standard InChI is InChI=1S/C23H27FO2/c1-3-5-6-18-7-9-19(10-8-18)20-11-13-21(14-12-20)22-25-16-23(24,15-4-2)17-26-22/h3,7-14,22H,1,4-6,15-17H2,2H3. The Morgan fingerprint density at radius 1 is 1.04 bits per heavy atom. The Labute approximate surface area is 155 Å². The Balaban J connectivity index is 1.63. The van der Waals surface area contributed by atoms with Gasteiger partial charge in [0.1, 0.15) is 0 Å². The van der Waals surface area contributed by atoms with Crippen LogP contribution in [0.5, 0.6) is 0 Å². The maximum Gasteiger partial charge on any atom is 0.184 e. The van der Waals surface area contributed by atoms with E-state index in [0.29, 0.717) is 6.42 Å². The van der Waals surface area contributed by atoms with Crippen LogP contribution in [-0.4, -0.2) is 18.9 Å². The third-order valence-corrected chi connectivity index (χ3v) is 4.79. The molecule has 3 heteroatoms. The van der Waals surface area contributed by atoms with Gasteiger partial charge in [-0.3, -0.25) is 0 Å². The number of rotatable bonds is 7. The number of benzene rings is 2. The van der Waals surface area contributed by atoms with Crippen molar-refractivity contribution >= 4 is 0 Å². The SMILES string of the molecule is C=CCCc1ccc(-c2ccc(C3OCC(F)(CCC)CO3)cc2)cc1. The number of allylic oxidation sites excluding steroid dienone is 1. The number of hydrogen-bond donors (Lipinski definition) is 0. The van der Waals surface area contributed by atoms with Crippen molar-refractivity contribution < 1.29 is 13.9 Å². The highest BCUT2D eigenvalue weighted by atomic mass is 19.1. The van der Waals surface area contributed by atoms with Crippen LogP contribution in [0.1, 0.15) is 43.6 Å². The summed E-state index contributed by atoms with van der Waals surface area (Å²) in [5, 5.41) is 0. The number of hydrogen-bond acceptors (Lipinski definition) is 2. The third kappa shape index (κ3) is 4.60. The summed E-state index contributed by atoms with van der Waals surface area (Å²) in [6.45, 7) is 5.93.